The predicted molar refractivity (Wildman–Crippen MR) is 163 cm³/mol. The molecule has 1 aromatic heterocycles. The molecular weight excluding hydrogens is 613 g/mol. The number of aromatic amines is 1. The van der Waals surface area contributed by atoms with Gasteiger partial charge >= 0.3 is 15.6 Å². The Morgan fingerprint density at radius 2 is 1.89 bits per heavy atom. The maximum atomic E-state index is 13.0. The molecule has 6 rings (SSSR count). The largest absolute Gasteiger partial charge is 0.534 e. The van der Waals surface area contributed by atoms with E-state index in [1.165, 1.54) is 19.6 Å². The van der Waals surface area contributed by atoms with Gasteiger partial charge in [-0.15, -0.1) is 0 Å². The number of hydrogen-bond acceptors (Lipinski definition) is 8. The van der Waals surface area contributed by atoms with Crippen molar-refractivity contribution in [1.82, 2.24) is 20.2 Å². The molecular formula is C31H39F3N4O6S. The number of carbonyl (C=O) groups excluding carboxylic acids is 2. The number of likely N-dealkylation sites (N-methyl/N-ethyl adjacent to an activating group) is 1. The van der Waals surface area contributed by atoms with Crippen LogP contribution in [0.5, 0.6) is 5.75 Å². The fourth-order valence-corrected chi connectivity index (χ4v) is 6.67. The third kappa shape index (κ3) is 7.11. The number of imidazole rings is 1. The molecule has 0 radical (unpaired) electrons. The molecule has 3 aromatic rings. The molecule has 0 bridgehead atoms. The minimum absolute atomic E-state index is 0.0246. The first-order chi connectivity index (χ1) is 21.4. The van der Waals surface area contributed by atoms with Crippen molar-refractivity contribution < 1.29 is 40.1 Å². The lowest BCUT2D eigenvalue weighted by molar-refractivity contribution is -0.131. The number of H-pyrrole nitrogens is 1. The van der Waals surface area contributed by atoms with E-state index in [2.05, 4.69) is 33.1 Å². The van der Waals surface area contributed by atoms with Crippen molar-refractivity contribution >= 4 is 33.5 Å². The third-order valence-corrected chi connectivity index (χ3v) is 9.14. The monoisotopic (exact) mass is 652 g/mol. The number of amides is 1. The highest BCUT2D eigenvalue weighted by atomic mass is 32.2. The van der Waals surface area contributed by atoms with Crippen LogP contribution in [0.25, 0.3) is 22.2 Å². The van der Waals surface area contributed by atoms with Crippen molar-refractivity contribution in [3.05, 3.63) is 47.3 Å². The highest BCUT2D eigenvalue weighted by Crippen LogP contribution is 2.56. The zero-order chi connectivity index (χ0) is 32.9. The highest BCUT2D eigenvalue weighted by molar-refractivity contribution is 7.88. The van der Waals surface area contributed by atoms with E-state index in [-0.39, 0.29) is 36.1 Å². The smallest absolute Gasteiger partial charge is 0.471 e. The molecule has 14 heteroatoms. The summed E-state index contributed by atoms with van der Waals surface area (Å²) < 4.78 is 70.9. The van der Waals surface area contributed by atoms with E-state index < -0.39 is 15.6 Å². The molecule has 3 atom stereocenters. The number of rotatable bonds is 7. The average Bonchev–Trinajstić information content (AvgIpc) is 3.69. The molecule has 3 aliphatic rings. The van der Waals surface area contributed by atoms with Crippen LogP contribution >= 0.6 is 0 Å². The first-order valence-corrected chi connectivity index (χ1v) is 16.4. The second-order valence-corrected chi connectivity index (χ2v) is 12.8. The summed E-state index contributed by atoms with van der Waals surface area (Å²) in [5.74, 6) is 0.942. The molecule has 246 valence electrons. The molecule has 3 unspecified atom stereocenters. The SMILES string of the molecule is CCC.CNCC(=O)N1CCCC1c1nc2ccc(-c3ccc(OS(=O)(=O)C(F)(F)F)c4c3C3CCC3C4)cc2[nH]1.COC=O. The molecule has 2 heterocycles. The van der Waals surface area contributed by atoms with Crippen molar-refractivity contribution in [2.75, 3.05) is 27.2 Å². The maximum Gasteiger partial charge on any atom is 0.534 e. The van der Waals surface area contributed by atoms with Gasteiger partial charge in [0.05, 0.1) is 30.7 Å². The standard InChI is InChI=1S/C26H27F3N4O4S.C3H8.C2H4O2/c1-30-13-23(34)33-10-2-3-21(33)25-31-19-8-5-15(12-20(19)32-25)17-7-9-22(37-38(35,36)26(27,28)29)18-11-14-4-6-16(14)24(17)18;1-3-2;1-4-2-3/h5,7-9,12,14,16,21,30H,2-4,6,10-11,13H2,1H3,(H,31,32);3H2,1-2H3;2H,1H3. The van der Waals surface area contributed by atoms with Gasteiger partial charge < -0.3 is 24.1 Å². The fraction of sp³-hybridized carbons (Fsp3) is 0.516. The topological polar surface area (TPSA) is 131 Å². The first kappa shape index (κ1) is 34.2. The van der Waals surface area contributed by atoms with Crippen LogP contribution in [-0.2, 0) is 30.9 Å². The van der Waals surface area contributed by atoms with Gasteiger partial charge in [0.2, 0.25) is 5.91 Å². The number of hydrogen-bond donors (Lipinski definition) is 2. The number of nitrogens with zero attached hydrogens (tertiary/aromatic N) is 2. The van der Waals surface area contributed by atoms with E-state index >= 15 is 0 Å². The molecule has 2 aliphatic carbocycles. The predicted octanol–water partition coefficient (Wildman–Crippen LogP) is 5.60. The highest BCUT2D eigenvalue weighted by Gasteiger charge is 2.50. The van der Waals surface area contributed by atoms with Gasteiger partial charge in [-0.25, -0.2) is 4.98 Å². The van der Waals surface area contributed by atoms with Crippen molar-refractivity contribution in [2.45, 2.75) is 69.8 Å². The number of benzene rings is 2. The second kappa shape index (κ2) is 14.2. The van der Waals surface area contributed by atoms with Crippen LogP contribution in [0.3, 0.4) is 0 Å². The number of likely N-dealkylation sites (tertiary alicyclic amines) is 1. The summed E-state index contributed by atoms with van der Waals surface area (Å²) in [5, 5.41) is 2.90. The summed E-state index contributed by atoms with van der Waals surface area (Å²) >= 11 is 0. The van der Waals surface area contributed by atoms with Crippen LogP contribution < -0.4 is 9.50 Å². The Kier molecular flexibility index (Phi) is 10.8. The van der Waals surface area contributed by atoms with E-state index in [9.17, 15) is 26.4 Å². The van der Waals surface area contributed by atoms with Gasteiger partial charge in [0.25, 0.3) is 6.47 Å². The number of methoxy groups -OCH3 is 1. The second-order valence-electron chi connectivity index (χ2n) is 11.3. The van der Waals surface area contributed by atoms with Crippen LogP contribution in [0.2, 0.25) is 0 Å². The third-order valence-electron chi connectivity index (χ3n) is 8.18. The molecule has 1 saturated carbocycles. The van der Waals surface area contributed by atoms with E-state index in [1.54, 1.807) is 13.1 Å². The summed E-state index contributed by atoms with van der Waals surface area (Å²) in [4.78, 5) is 31.5. The number of ether oxygens (including phenoxy) is 1. The van der Waals surface area contributed by atoms with Crippen LogP contribution in [0, 0.1) is 5.92 Å². The Balaban J connectivity index is 0.000000601. The summed E-state index contributed by atoms with van der Waals surface area (Å²) in [5.41, 5.74) is -0.822. The number of halogens is 3. The van der Waals surface area contributed by atoms with E-state index in [4.69, 9.17) is 9.78 Å². The quantitative estimate of drug-likeness (QED) is 0.192. The zero-order valence-electron chi connectivity index (χ0n) is 25.7. The first-order valence-electron chi connectivity index (χ1n) is 15.0. The lowest BCUT2D eigenvalue weighted by Gasteiger charge is -2.31. The summed E-state index contributed by atoms with van der Waals surface area (Å²) in [7, 11) is -2.71. The fourth-order valence-electron chi connectivity index (χ4n) is 6.19. The Bertz CT molecular complexity index is 1630. The summed E-state index contributed by atoms with van der Waals surface area (Å²) in [6, 6.07) is 8.61. The van der Waals surface area contributed by atoms with Crippen molar-refractivity contribution in [1.29, 1.82) is 0 Å². The van der Waals surface area contributed by atoms with E-state index in [0.29, 0.717) is 25.0 Å². The van der Waals surface area contributed by atoms with Gasteiger partial charge in [-0.05, 0) is 85.9 Å². The van der Waals surface area contributed by atoms with Gasteiger partial charge in [-0.2, -0.15) is 21.6 Å². The lowest BCUT2D eigenvalue weighted by Crippen LogP contribution is -2.37. The average molecular weight is 653 g/mol. The number of alkyl halides is 3. The summed E-state index contributed by atoms with van der Waals surface area (Å²) in [6.45, 7) is 5.57. The Labute approximate surface area is 260 Å². The van der Waals surface area contributed by atoms with Crippen LogP contribution in [0.4, 0.5) is 13.2 Å². The van der Waals surface area contributed by atoms with Gasteiger partial charge in [-0.1, -0.05) is 32.4 Å². The van der Waals surface area contributed by atoms with Gasteiger partial charge in [0, 0.05) is 12.1 Å². The van der Waals surface area contributed by atoms with Crippen LogP contribution in [0.1, 0.15) is 74.9 Å². The Morgan fingerprint density at radius 3 is 2.49 bits per heavy atom. The van der Waals surface area contributed by atoms with Crippen LogP contribution in [-0.4, -0.2) is 68.4 Å². The van der Waals surface area contributed by atoms with Crippen molar-refractivity contribution in [3.63, 3.8) is 0 Å². The lowest BCUT2D eigenvalue weighted by atomic mass is 9.73. The molecule has 1 aliphatic heterocycles. The normalized spacial score (nSPS) is 20.2. The molecule has 2 fully saturated rings. The molecule has 2 aromatic carbocycles. The summed E-state index contributed by atoms with van der Waals surface area (Å²) in [6.07, 6.45) is 5.30. The minimum Gasteiger partial charge on any atom is -0.471 e. The molecule has 10 nitrogen and oxygen atoms in total. The number of aromatic nitrogens is 2. The molecule has 1 saturated heterocycles. The maximum absolute atomic E-state index is 13.0. The van der Waals surface area contributed by atoms with Crippen molar-refractivity contribution in [2.24, 2.45) is 5.92 Å². The molecule has 2 N–H and O–H groups in total. The Morgan fingerprint density at radius 1 is 1.18 bits per heavy atom. The zero-order valence-corrected chi connectivity index (χ0v) is 26.6. The van der Waals surface area contributed by atoms with Gasteiger partial charge in [-0.3, -0.25) is 9.59 Å². The molecule has 0 spiro atoms. The molecule has 45 heavy (non-hydrogen) atoms. The van der Waals surface area contributed by atoms with E-state index in [1.807, 2.05) is 23.1 Å². The number of fused-ring (bicyclic) bond motifs is 4. The molecule has 1 amide bonds. The minimum atomic E-state index is -5.76. The Hall–Kier alpha value is -3.65. The van der Waals surface area contributed by atoms with E-state index in [0.717, 1.165) is 59.2 Å². The van der Waals surface area contributed by atoms with Crippen molar-refractivity contribution in [3.8, 4) is 16.9 Å². The number of nitrogens with one attached hydrogen (secondary N) is 2. The van der Waals surface area contributed by atoms with Gasteiger partial charge in [0.1, 0.15) is 11.6 Å². The van der Waals surface area contributed by atoms with Crippen LogP contribution in [0.15, 0.2) is 30.3 Å². The number of carbonyl (C=O) groups is 2. The van der Waals surface area contributed by atoms with Gasteiger partial charge in [0.15, 0.2) is 0 Å².